The first-order valence-corrected chi connectivity index (χ1v) is 5.64. The van der Waals surface area contributed by atoms with Crippen LogP contribution in [0.5, 0.6) is 0 Å². The van der Waals surface area contributed by atoms with E-state index in [1.165, 1.54) is 6.07 Å². The standard InChI is InChI=1S/C13H18FNO/c1-2-5-11(15)9-12(16)8-10-6-3-4-7-13(10)14/h3-4,6-7,11H,2,5,8-9,15H2,1H3. The highest BCUT2D eigenvalue weighted by molar-refractivity contribution is 5.81. The maximum Gasteiger partial charge on any atom is 0.138 e. The van der Waals surface area contributed by atoms with Crippen LogP contribution in [0.4, 0.5) is 4.39 Å². The Morgan fingerprint density at radius 1 is 1.44 bits per heavy atom. The second kappa shape index (κ2) is 6.38. The van der Waals surface area contributed by atoms with E-state index in [1.807, 2.05) is 6.92 Å². The van der Waals surface area contributed by atoms with Crippen molar-refractivity contribution in [3.05, 3.63) is 35.6 Å². The molecule has 1 aromatic rings. The average Bonchev–Trinajstić information content (AvgIpc) is 2.21. The molecule has 1 atom stereocenters. The molecule has 0 spiro atoms. The lowest BCUT2D eigenvalue weighted by Gasteiger charge is -2.09. The SMILES string of the molecule is CCCC(N)CC(=O)Cc1ccccc1F. The monoisotopic (exact) mass is 223 g/mol. The minimum atomic E-state index is -0.320. The van der Waals surface area contributed by atoms with Crippen LogP contribution in [-0.2, 0) is 11.2 Å². The van der Waals surface area contributed by atoms with Gasteiger partial charge in [0.1, 0.15) is 11.6 Å². The maximum absolute atomic E-state index is 13.3. The van der Waals surface area contributed by atoms with E-state index in [0.29, 0.717) is 12.0 Å². The maximum atomic E-state index is 13.3. The van der Waals surface area contributed by atoms with E-state index < -0.39 is 0 Å². The molecule has 2 N–H and O–H groups in total. The Hall–Kier alpha value is -1.22. The first-order chi connectivity index (χ1) is 7.63. The molecule has 88 valence electrons. The largest absolute Gasteiger partial charge is 0.327 e. The molecule has 1 unspecified atom stereocenters. The minimum Gasteiger partial charge on any atom is -0.327 e. The quantitative estimate of drug-likeness (QED) is 0.805. The highest BCUT2D eigenvalue weighted by Gasteiger charge is 2.11. The highest BCUT2D eigenvalue weighted by Crippen LogP contribution is 2.09. The molecular weight excluding hydrogens is 205 g/mol. The van der Waals surface area contributed by atoms with Crippen molar-refractivity contribution in [2.45, 2.75) is 38.6 Å². The molecule has 0 bridgehead atoms. The number of benzene rings is 1. The molecule has 1 aromatic carbocycles. The Morgan fingerprint density at radius 3 is 2.75 bits per heavy atom. The molecule has 0 saturated carbocycles. The molecule has 0 amide bonds. The van der Waals surface area contributed by atoms with Crippen molar-refractivity contribution in [2.75, 3.05) is 0 Å². The van der Waals surface area contributed by atoms with Gasteiger partial charge in [-0.1, -0.05) is 31.5 Å². The third-order valence-electron chi connectivity index (χ3n) is 2.49. The molecule has 0 aliphatic rings. The van der Waals surface area contributed by atoms with Gasteiger partial charge in [0.25, 0.3) is 0 Å². The lowest BCUT2D eigenvalue weighted by Crippen LogP contribution is -2.24. The van der Waals surface area contributed by atoms with Crippen LogP contribution in [0.25, 0.3) is 0 Å². The number of Topliss-reactive ketones (excluding diaryl/α,β-unsaturated/α-hetero) is 1. The van der Waals surface area contributed by atoms with E-state index in [1.54, 1.807) is 18.2 Å². The number of halogens is 1. The average molecular weight is 223 g/mol. The number of hydrogen-bond acceptors (Lipinski definition) is 2. The van der Waals surface area contributed by atoms with Gasteiger partial charge in [0.2, 0.25) is 0 Å². The molecule has 16 heavy (non-hydrogen) atoms. The van der Waals surface area contributed by atoms with Crippen molar-refractivity contribution < 1.29 is 9.18 Å². The second-order valence-corrected chi connectivity index (χ2v) is 4.06. The number of nitrogens with two attached hydrogens (primary N) is 1. The van der Waals surface area contributed by atoms with Gasteiger partial charge in [0.05, 0.1) is 0 Å². The van der Waals surface area contributed by atoms with Crippen molar-refractivity contribution in [1.29, 1.82) is 0 Å². The van der Waals surface area contributed by atoms with E-state index in [2.05, 4.69) is 0 Å². The number of rotatable bonds is 6. The van der Waals surface area contributed by atoms with Gasteiger partial charge in [-0.25, -0.2) is 4.39 Å². The topological polar surface area (TPSA) is 43.1 Å². The van der Waals surface area contributed by atoms with E-state index in [0.717, 1.165) is 12.8 Å². The van der Waals surface area contributed by atoms with Crippen LogP contribution < -0.4 is 5.73 Å². The molecular formula is C13H18FNO. The summed E-state index contributed by atoms with van der Waals surface area (Å²) in [5, 5.41) is 0. The molecule has 1 rings (SSSR count). The van der Waals surface area contributed by atoms with Gasteiger partial charge >= 0.3 is 0 Å². The van der Waals surface area contributed by atoms with E-state index in [9.17, 15) is 9.18 Å². The van der Waals surface area contributed by atoms with E-state index in [4.69, 9.17) is 5.73 Å². The Kier molecular flexibility index (Phi) is 5.12. The third kappa shape index (κ3) is 4.11. The minimum absolute atomic E-state index is 0.00560. The van der Waals surface area contributed by atoms with Crippen LogP contribution in [-0.4, -0.2) is 11.8 Å². The summed E-state index contributed by atoms with van der Waals surface area (Å²) in [6.07, 6.45) is 2.28. The van der Waals surface area contributed by atoms with Crippen molar-refractivity contribution in [3.63, 3.8) is 0 Å². The van der Waals surface area contributed by atoms with Gasteiger partial charge in [-0.3, -0.25) is 4.79 Å². The zero-order valence-corrected chi connectivity index (χ0v) is 9.58. The summed E-state index contributed by atoms with van der Waals surface area (Å²) in [4.78, 5) is 11.6. The summed E-state index contributed by atoms with van der Waals surface area (Å²) in [7, 11) is 0. The molecule has 0 aliphatic heterocycles. The Bertz CT molecular complexity index is 352. The van der Waals surface area contributed by atoms with Crippen LogP contribution in [0.3, 0.4) is 0 Å². The molecule has 0 saturated heterocycles. The first-order valence-electron chi connectivity index (χ1n) is 5.64. The van der Waals surface area contributed by atoms with Crippen molar-refractivity contribution in [1.82, 2.24) is 0 Å². The molecule has 3 heteroatoms. The fraction of sp³-hybridized carbons (Fsp3) is 0.462. The zero-order chi connectivity index (χ0) is 12.0. The smallest absolute Gasteiger partial charge is 0.138 e. The summed E-state index contributed by atoms with van der Waals surface area (Å²) >= 11 is 0. The van der Waals surface area contributed by atoms with Crippen molar-refractivity contribution >= 4 is 5.78 Å². The lowest BCUT2D eigenvalue weighted by atomic mass is 10.0. The van der Waals surface area contributed by atoms with Gasteiger partial charge in [-0.05, 0) is 18.1 Å². The van der Waals surface area contributed by atoms with Crippen LogP contribution >= 0.6 is 0 Å². The lowest BCUT2D eigenvalue weighted by molar-refractivity contribution is -0.118. The summed E-state index contributed by atoms with van der Waals surface area (Å²) < 4.78 is 13.3. The van der Waals surface area contributed by atoms with Crippen LogP contribution in [0, 0.1) is 5.82 Å². The Morgan fingerprint density at radius 2 is 2.12 bits per heavy atom. The number of ketones is 1. The number of carbonyl (C=O) groups is 1. The summed E-state index contributed by atoms with van der Waals surface area (Å²) in [6, 6.07) is 6.26. The fourth-order valence-electron chi connectivity index (χ4n) is 1.69. The van der Waals surface area contributed by atoms with Gasteiger partial charge < -0.3 is 5.73 Å². The molecule has 0 radical (unpaired) electrons. The fourth-order valence-corrected chi connectivity index (χ4v) is 1.69. The molecule has 0 aliphatic carbocycles. The van der Waals surface area contributed by atoms with E-state index in [-0.39, 0.29) is 24.1 Å². The van der Waals surface area contributed by atoms with Crippen LogP contribution in [0.2, 0.25) is 0 Å². The van der Waals surface area contributed by atoms with Crippen molar-refractivity contribution in [2.24, 2.45) is 5.73 Å². The molecule has 0 fully saturated rings. The second-order valence-electron chi connectivity index (χ2n) is 4.06. The summed E-state index contributed by atoms with van der Waals surface area (Å²) in [5.41, 5.74) is 6.22. The van der Waals surface area contributed by atoms with Gasteiger partial charge in [-0.15, -0.1) is 0 Å². The van der Waals surface area contributed by atoms with E-state index >= 15 is 0 Å². The van der Waals surface area contributed by atoms with Gasteiger partial charge in [-0.2, -0.15) is 0 Å². The van der Waals surface area contributed by atoms with Crippen molar-refractivity contribution in [3.8, 4) is 0 Å². The molecule has 0 aromatic heterocycles. The Labute approximate surface area is 95.7 Å². The van der Waals surface area contributed by atoms with Crippen LogP contribution in [0.15, 0.2) is 24.3 Å². The first kappa shape index (κ1) is 12.8. The van der Waals surface area contributed by atoms with Crippen LogP contribution in [0.1, 0.15) is 31.7 Å². The Balaban J connectivity index is 2.49. The van der Waals surface area contributed by atoms with Gasteiger partial charge in [0, 0.05) is 18.9 Å². The number of carbonyl (C=O) groups excluding carboxylic acids is 1. The summed E-state index contributed by atoms with van der Waals surface area (Å²) in [6.45, 7) is 2.03. The predicted molar refractivity (Wildman–Crippen MR) is 62.6 cm³/mol. The highest BCUT2D eigenvalue weighted by atomic mass is 19.1. The molecule has 2 nitrogen and oxygen atoms in total. The van der Waals surface area contributed by atoms with Gasteiger partial charge in [0.15, 0.2) is 0 Å². The predicted octanol–water partition coefficient (Wildman–Crippen LogP) is 2.45. The molecule has 0 heterocycles. The third-order valence-corrected chi connectivity index (χ3v) is 2.49. The summed E-state index contributed by atoms with van der Waals surface area (Å²) in [5.74, 6) is -0.314. The normalized spacial score (nSPS) is 12.4. The number of hydrogen-bond donors (Lipinski definition) is 1. The zero-order valence-electron chi connectivity index (χ0n) is 9.58.